The van der Waals surface area contributed by atoms with Crippen LogP contribution in [0.25, 0.3) is 0 Å². The molecular weight excluding hydrogens is 463 g/mol. The third kappa shape index (κ3) is 5.40. The molecule has 0 unspecified atom stereocenters. The summed E-state index contributed by atoms with van der Waals surface area (Å²) >= 11 is 13.2. The van der Waals surface area contributed by atoms with Crippen molar-refractivity contribution in [1.29, 1.82) is 0 Å². The summed E-state index contributed by atoms with van der Waals surface area (Å²) in [7, 11) is 3.04. The fourth-order valence-electron chi connectivity index (χ4n) is 2.45. The van der Waals surface area contributed by atoms with Crippen LogP contribution in [-0.2, 0) is 0 Å². The Hall–Kier alpha value is -2.95. The van der Waals surface area contributed by atoms with Crippen molar-refractivity contribution in [1.82, 2.24) is 14.9 Å². The molecule has 0 aliphatic heterocycles. The van der Waals surface area contributed by atoms with Crippen molar-refractivity contribution in [2.24, 2.45) is 5.10 Å². The second-order valence-electron chi connectivity index (χ2n) is 5.97. The number of hydrogen-bond acceptors (Lipinski definition) is 9. The maximum absolute atomic E-state index is 12.5. The molecule has 31 heavy (non-hydrogen) atoms. The predicted molar refractivity (Wildman–Crippen MR) is 122 cm³/mol. The monoisotopic (exact) mass is 480 g/mol. The van der Waals surface area contributed by atoms with E-state index >= 15 is 0 Å². The van der Waals surface area contributed by atoms with Gasteiger partial charge in [-0.15, -0.1) is 10.2 Å². The first-order valence-corrected chi connectivity index (χ1v) is 10.5. The topological polar surface area (TPSA) is 117 Å². The van der Waals surface area contributed by atoms with Gasteiger partial charge in [-0.05, 0) is 24.3 Å². The Morgan fingerprint density at radius 3 is 2.74 bits per heavy atom. The molecule has 0 aliphatic rings. The van der Waals surface area contributed by atoms with Gasteiger partial charge in [-0.25, -0.2) is 10.1 Å². The minimum atomic E-state index is -0.128. The fourth-order valence-corrected chi connectivity index (χ4v) is 3.56. The molecule has 162 valence electrons. The highest BCUT2D eigenvalue weighted by Crippen LogP contribution is 2.28. The number of nitrogens with one attached hydrogen (secondary N) is 1. The van der Waals surface area contributed by atoms with Crippen molar-refractivity contribution in [3.63, 3.8) is 0 Å². The van der Waals surface area contributed by atoms with Gasteiger partial charge >= 0.3 is 0 Å². The molecule has 12 heteroatoms. The Labute approximate surface area is 192 Å². The van der Waals surface area contributed by atoms with Crippen LogP contribution in [0.1, 0.15) is 15.9 Å². The SMILES string of the molecule is COc1ccc(C(=O)CSc2nnc(N/N=C/c3cccc(Cl)c3Cl)n2N)cc1OC. The van der Waals surface area contributed by atoms with E-state index in [1.807, 2.05) is 0 Å². The number of methoxy groups -OCH3 is 2. The average molecular weight is 481 g/mol. The number of benzene rings is 2. The highest BCUT2D eigenvalue weighted by Gasteiger charge is 2.15. The number of nitrogen functional groups attached to an aromatic ring is 1. The van der Waals surface area contributed by atoms with Crippen LogP contribution in [-0.4, -0.2) is 46.8 Å². The van der Waals surface area contributed by atoms with Crippen molar-refractivity contribution in [3.05, 3.63) is 57.6 Å². The number of rotatable bonds is 9. The lowest BCUT2D eigenvalue weighted by Gasteiger charge is -2.09. The summed E-state index contributed by atoms with van der Waals surface area (Å²) in [6, 6.07) is 10.2. The van der Waals surface area contributed by atoms with Gasteiger partial charge in [0, 0.05) is 11.1 Å². The largest absolute Gasteiger partial charge is 0.493 e. The molecule has 0 aliphatic carbocycles. The maximum Gasteiger partial charge on any atom is 0.264 e. The predicted octanol–water partition coefficient (Wildman–Crippen LogP) is 3.74. The van der Waals surface area contributed by atoms with Gasteiger partial charge in [0.25, 0.3) is 5.95 Å². The number of anilines is 1. The highest BCUT2D eigenvalue weighted by molar-refractivity contribution is 7.99. The third-order valence-corrected chi connectivity index (χ3v) is 5.83. The maximum atomic E-state index is 12.5. The summed E-state index contributed by atoms with van der Waals surface area (Å²) in [5, 5.41) is 13.1. The minimum absolute atomic E-state index is 0.103. The molecule has 3 rings (SSSR count). The number of ether oxygens (including phenoxy) is 2. The molecule has 1 heterocycles. The van der Waals surface area contributed by atoms with Crippen LogP contribution in [0.2, 0.25) is 10.0 Å². The lowest BCUT2D eigenvalue weighted by Crippen LogP contribution is -2.14. The van der Waals surface area contributed by atoms with Crippen molar-refractivity contribution < 1.29 is 14.3 Å². The molecule has 9 nitrogen and oxygen atoms in total. The zero-order valence-corrected chi connectivity index (χ0v) is 18.8. The van der Waals surface area contributed by atoms with E-state index in [-0.39, 0.29) is 17.5 Å². The van der Waals surface area contributed by atoms with Crippen LogP contribution in [0.5, 0.6) is 11.5 Å². The lowest BCUT2D eigenvalue weighted by molar-refractivity contribution is 0.102. The normalized spacial score (nSPS) is 11.0. The summed E-state index contributed by atoms with van der Waals surface area (Å²) in [6.45, 7) is 0. The first kappa shape index (κ1) is 22.7. The van der Waals surface area contributed by atoms with Crippen LogP contribution in [0, 0.1) is 0 Å². The average Bonchev–Trinajstić information content (AvgIpc) is 3.13. The Kier molecular flexibility index (Phi) is 7.61. The van der Waals surface area contributed by atoms with Crippen molar-refractivity contribution in [2.75, 3.05) is 31.2 Å². The molecule has 0 fully saturated rings. The Bertz CT molecular complexity index is 1120. The van der Waals surface area contributed by atoms with E-state index in [0.717, 1.165) is 11.8 Å². The van der Waals surface area contributed by atoms with Gasteiger partial charge < -0.3 is 15.3 Å². The lowest BCUT2D eigenvalue weighted by atomic mass is 10.1. The van der Waals surface area contributed by atoms with Gasteiger partial charge in [0.05, 0.1) is 36.2 Å². The van der Waals surface area contributed by atoms with Crippen LogP contribution in [0.3, 0.4) is 0 Å². The number of thioether (sulfide) groups is 1. The number of nitrogens with two attached hydrogens (primary N) is 1. The van der Waals surface area contributed by atoms with Crippen LogP contribution in [0.15, 0.2) is 46.7 Å². The van der Waals surface area contributed by atoms with E-state index in [1.54, 1.807) is 36.4 Å². The molecule has 1 aromatic heterocycles. The summed E-state index contributed by atoms with van der Waals surface area (Å²) in [5.74, 6) is 7.17. The molecule has 3 aromatic rings. The van der Waals surface area contributed by atoms with E-state index in [9.17, 15) is 4.79 Å². The van der Waals surface area contributed by atoms with Crippen molar-refractivity contribution >= 4 is 52.9 Å². The first-order chi connectivity index (χ1) is 14.9. The number of carbonyl (C=O) groups is 1. The quantitative estimate of drug-likeness (QED) is 0.156. The summed E-state index contributed by atoms with van der Waals surface area (Å²) in [5.41, 5.74) is 3.78. The molecule has 3 N–H and O–H groups in total. The van der Waals surface area contributed by atoms with Crippen LogP contribution in [0.4, 0.5) is 5.95 Å². The van der Waals surface area contributed by atoms with Gasteiger partial charge in [0.2, 0.25) is 5.16 Å². The number of nitrogens with zero attached hydrogens (tertiary/aromatic N) is 4. The number of Topliss-reactive ketones (excluding diaryl/α,β-unsaturated/α-hetero) is 1. The molecule has 0 amide bonds. The van der Waals surface area contributed by atoms with E-state index in [0.29, 0.717) is 37.8 Å². The molecule has 0 atom stereocenters. The van der Waals surface area contributed by atoms with E-state index < -0.39 is 0 Å². The number of hydrazone groups is 1. The number of carbonyl (C=O) groups excluding carboxylic acids is 1. The number of hydrogen-bond donors (Lipinski definition) is 2. The standard InChI is InChI=1S/C19H18Cl2N6O3S/c1-29-15-7-6-11(8-16(15)30-2)14(28)10-31-19-26-25-18(27(19)22)24-23-9-12-4-3-5-13(20)17(12)21/h3-9H,10,22H2,1-2H3,(H,24,25)/b23-9+. The smallest absolute Gasteiger partial charge is 0.264 e. The van der Waals surface area contributed by atoms with Gasteiger partial charge in [-0.1, -0.05) is 47.1 Å². The number of halogens is 2. The van der Waals surface area contributed by atoms with E-state index in [1.165, 1.54) is 25.1 Å². The summed E-state index contributed by atoms with van der Waals surface area (Å²) in [4.78, 5) is 12.5. The van der Waals surface area contributed by atoms with E-state index in [2.05, 4.69) is 20.7 Å². The Morgan fingerprint density at radius 1 is 1.23 bits per heavy atom. The summed E-state index contributed by atoms with van der Waals surface area (Å²) in [6.07, 6.45) is 1.48. The molecule has 0 spiro atoms. The van der Waals surface area contributed by atoms with E-state index in [4.69, 9.17) is 38.5 Å². The van der Waals surface area contributed by atoms with Gasteiger partial charge in [-0.2, -0.15) is 5.10 Å². The van der Waals surface area contributed by atoms with Crippen molar-refractivity contribution in [2.45, 2.75) is 5.16 Å². The number of ketones is 1. The van der Waals surface area contributed by atoms with Crippen LogP contribution < -0.4 is 20.7 Å². The zero-order valence-electron chi connectivity index (χ0n) is 16.5. The van der Waals surface area contributed by atoms with Crippen molar-refractivity contribution in [3.8, 4) is 11.5 Å². The third-order valence-electron chi connectivity index (χ3n) is 4.05. The van der Waals surface area contributed by atoms with Gasteiger partial charge in [-0.3, -0.25) is 4.79 Å². The molecule has 0 bridgehead atoms. The molecule has 2 aromatic carbocycles. The zero-order chi connectivity index (χ0) is 22.4. The minimum Gasteiger partial charge on any atom is -0.493 e. The molecule has 0 saturated carbocycles. The molecule has 0 saturated heterocycles. The van der Waals surface area contributed by atoms with Gasteiger partial charge in [0.15, 0.2) is 17.3 Å². The molecular formula is C19H18Cl2N6O3S. The molecule has 0 radical (unpaired) electrons. The summed E-state index contributed by atoms with van der Waals surface area (Å²) < 4.78 is 11.6. The van der Waals surface area contributed by atoms with Crippen LogP contribution >= 0.6 is 35.0 Å². The number of aromatic nitrogens is 3. The second-order valence-corrected chi connectivity index (χ2v) is 7.70. The highest BCUT2D eigenvalue weighted by atomic mass is 35.5. The van der Waals surface area contributed by atoms with Gasteiger partial charge in [0.1, 0.15) is 0 Å². The Balaban J connectivity index is 1.62. The second kappa shape index (κ2) is 10.4. The Morgan fingerprint density at radius 2 is 2.00 bits per heavy atom. The fraction of sp³-hybridized carbons (Fsp3) is 0.158. The first-order valence-electron chi connectivity index (χ1n) is 8.76.